The summed E-state index contributed by atoms with van der Waals surface area (Å²) in [4.78, 5) is 6.98. The van der Waals surface area contributed by atoms with Gasteiger partial charge in [0.15, 0.2) is 0 Å². The van der Waals surface area contributed by atoms with E-state index in [1.54, 1.807) is 0 Å². The number of pyridine rings is 1. The summed E-state index contributed by atoms with van der Waals surface area (Å²) in [6, 6.07) is 2.27. The lowest BCUT2D eigenvalue weighted by Crippen LogP contribution is -2.30. The largest absolute Gasteiger partial charge is 0.359 e. The van der Waals surface area contributed by atoms with Crippen molar-refractivity contribution < 1.29 is 0 Å². The van der Waals surface area contributed by atoms with Crippen molar-refractivity contribution in [2.24, 2.45) is 5.92 Å². The third-order valence-corrected chi connectivity index (χ3v) is 3.98. The van der Waals surface area contributed by atoms with Crippen molar-refractivity contribution in [3.8, 4) is 0 Å². The molecule has 106 valence electrons. The highest BCUT2D eigenvalue weighted by Crippen LogP contribution is 2.28. The third-order valence-electron chi connectivity index (χ3n) is 3.98. The Morgan fingerprint density at radius 2 is 2.21 bits per heavy atom. The number of hydrogen-bond donors (Lipinski definition) is 1. The highest BCUT2D eigenvalue weighted by atomic mass is 15.2. The van der Waals surface area contributed by atoms with E-state index in [9.17, 15) is 0 Å². The molecule has 0 bridgehead atoms. The molecule has 1 aromatic heterocycles. The molecule has 1 aliphatic rings. The molecule has 1 aliphatic carbocycles. The van der Waals surface area contributed by atoms with Crippen LogP contribution in [0, 0.1) is 12.8 Å². The zero-order valence-corrected chi connectivity index (χ0v) is 12.6. The van der Waals surface area contributed by atoms with E-state index in [0.717, 1.165) is 31.4 Å². The summed E-state index contributed by atoms with van der Waals surface area (Å²) in [6.45, 7) is 7.51. The lowest BCUT2D eigenvalue weighted by molar-refractivity contribution is 0.321. The maximum absolute atomic E-state index is 4.65. The number of aryl methyl sites for hydroxylation is 1. The zero-order valence-electron chi connectivity index (χ0n) is 12.6. The van der Waals surface area contributed by atoms with Gasteiger partial charge in [-0.2, -0.15) is 0 Å². The predicted octanol–water partition coefficient (Wildman–Crippen LogP) is 3.13. The molecule has 1 N–H and O–H groups in total. The van der Waals surface area contributed by atoms with Gasteiger partial charge >= 0.3 is 0 Å². The van der Waals surface area contributed by atoms with E-state index in [2.05, 4.69) is 42.2 Å². The van der Waals surface area contributed by atoms with Gasteiger partial charge in [0, 0.05) is 26.3 Å². The summed E-state index contributed by atoms with van der Waals surface area (Å²) in [5.74, 6) is 2.03. The topological polar surface area (TPSA) is 28.2 Å². The van der Waals surface area contributed by atoms with Crippen LogP contribution >= 0.6 is 0 Å². The molecular weight excluding hydrogens is 234 g/mol. The summed E-state index contributed by atoms with van der Waals surface area (Å²) in [6.07, 6.45) is 7.38. The Hall–Kier alpha value is -1.09. The smallest absolute Gasteiger partial charge is 0.131 e. The number of aromatic nitrogens is 1. The van der Waals surface area contributed by atoms with Crippen LogP contribution in [0.5, 0.6) is 0 Å². The van der Waals surface area contributed by atoms with Gasteiger partial charge in [-0.3, -0.25) is 0 Å². The SMILES string of the molecule is CCCNCc1cnc(N(C)CC2CCC2)c(C)c1. The molecule has 2 rings (SSSR count). The average molecular weight is 261 g/mol. The molecule has 3 nitrogen and oxygen atoms in total. The first kappa shape index (κ1) is 14.3. The minimum Gasteiger partial charge on any atom is -0.359 e. The second-order valence-electron chi connectivity index (χ2n) is 5.84. The fourth-order valence-electron chi connectivity index (χ4n) is 2.68. The minimum atomic E-state index is 0.886. The van der Waals surface area contributed by atoms with Crippen molar-refractivity contribution in [2.45, 2.75) is 46.1 Å². The molecule has 0 aromatic carbocycles. The molecular formula is C16H27N3. The van der Waals surface area contributed by atoms with Gasteiger partial charge in [-0.25, -0.2) is 4.98 Å². The highest BCUT2D eigenvalue weighted by Gasteiger charge is 2.20. The second-order valence-corrected chi connectivity index (χ2v) is 5.84. The normalized spacial score (nSPS) is 15.3. The van der Waals surface area contributed by atoms with Crippen molar-refractivity contribution in [3.63, 3.8) is 0 Å². The first-order chi connectivity index (χ1) is 9.20. The average Bonchev–Trinajstić information content (AvgIpc) is 2.34. The van der Waals surface area contributed by atoms with E-state index in [1.807, 2.05) is 6.20 Å². The van der Waals surface area contributed by atoms with Gasteiger partial charge in [0.25, 0.3) is 0 Å². The Bertz CT molecular complexity index is 399. The molecule has 0 amide bonds. The quantitative estimate of drug-likeness (QED) is 0.764. The van der Waals surface area contributed by atoms with E-state index < -0.39 is 0 Å². The monoisotopic (exact) mass is 261 g/mol. The summed E-state index contributed by atoms with van der Waals surface area (Å²) in [5.41, 5.74) is 2.57. The predicted molar refractivity (Wildman–Crippen MR) is 81.6 cm³/mol. The number of rotatable bonds is 7. The van der Waals surface area contributed by atoms with Gasteiger partial charge in [0.05, 0.1) is 0 Å². The third kappa shape index (κ3) is 3.93. The van der Waals surface area contributed by atoms with Crippen molar-refractivity contribution in [2.75, 3.05) is 25.0 Å². The van der Waals surface area contributed by atoms with Crippen LogP contribution in [-0.4, -0.2) is 25.1 Å². The van der Waals surface area contributed by atoms with Gasteiger partial charge in [0.1, 0.15) is 5.82 Å². The van der Waals surface area contributed by atoms with Crippen LogP contribution in [0.4, 0.5) is 5.82 Å². The van der Waals surface area contributed by atoms with Crippen LogP contribution in [0.2, 0.25) is 0 Å². The van der Waals surface area contributed by atoms with Gasteiger partial charge in [-0.1, -0.05) is 13.3 Å². The molecule has 0 spiro atoms. The summed E-state index contributed by atoms with van der Waals surface area (Å²) >= 11 is 0. The molecule has 1 aromatic rings. The maximum atomic E-state index is 4.65. The molecule has 3 heteroatoms. The van der Waals surface area contributed by atoms with Gasteiger partial charge in [-0.15, -0.1) is 0 Å². The Morgan fingerprint density at radius 1 is 1.42 bits per heavy atom. The van der Waals surface area contributed by atoms with Crippen LogP contribution in [0.25, 0.3) is 0 Å². The Morgan fingerprint density at radius 3 is 2.79 bits per heavy atom. The molecule has 1 saturated carbocycles. The molecule has 19 heavy (non-hydrogen) atoms. The molecule has 1 fully saturated rings. The molecule has 1 heterocycles. The second kappa shape index (κ2) is 6.90. The molecule has 0 atom stereocenters. The summed E-state index contributed by atoms with van der Waals surface area (Å²) < 4.78 is 0. The van der Waals surface area contributed by atoms with Crippen molar-refractivity contribution >= 4 is 5.82 Å². The number of nitrogens with one attached hydrogen (secondary N) is 1. The number of anilines is 1. The van der Waals surface area contributed by atoms with Gasteiger partial charge in [0.2, 0.25) is 0 Å². The number of hydrogen-bond acceptors (Lipinski definition) is 3. The van der Waals surface area contributed by atoms with Crippen LogP contribution in [-0.2, 0) is 6.54 Å². The molecule has 0 unspecified atom stereocenters. The molecule has 0 radical (unpaired) electrons. The van der Waals surface area contributed by atoms with Gasteiger partial charge in [-0.05, 0) is 55.8 Å². The fourth-order valence-corrected chi connectivity index (χ4v) is 2.68. The van der Waals surface area contributed by atoms with E-state index >= 15 is 0 Å². The van der Waals surface area contributed by atoms with Crippen LogP contribution in [0.15, 0.2) is 12.3 Å². The Balaban J connectivity index is 1.93. The Kier molecular flexibility index (Phi) is 5.20. The first-order valence-corrected chi connectivity index (χ1v) is 7.58. The van der Waals surface area contributed by atoms with E-state index in [0.29, 0.717) is 0 Å². The molecule has 0 saturated heterocycles. The van der Waals surface area contributed by atoms with E-state index in [-0.39, 0.29) is 0 Å². The maximum Gasteiger partial charge on any atom is 0.131 e. The summed E-state index contributed by atoms with van der Waals surface area (Å²) in [5, 5.41) is 3.42. The number of nitrogens with zero attached hydrogens (tertiary/aromatic N) is 2. The minimum absolute atomic E-state index is 0.886. The molecule has 0 aliphatic heterocycles. The highest BCUT2D eigenvalue weighted by molar-refractivity contribution is 5.46. The standard InChI is InChI=1S/C16H27N3/c1-4-8-17-10-15-9-13(2)16(18-11-15)19(3)12-14-6-5-7-14/h9,11,14,17H,4-8,10,12H2,1-3H3. The fraction of sp³-hybridized carbons (Fsp3) is 0.688. The van der Waals surface area contributed by atoms with E-state index in [1.165, 1.54) is 36.8 Å². The lowest BCUT2D eigenvalue weighted by Gasteiger charge is -2.31. The van der Waals surface area contributed by atoms with Crippen LogP contribution < -0.4 is 10.2 Å². The van der Waals surface area contributed by atoms with Crippen LogP contribution in [0.1, 0.15) is 43.7 Å². The first-order valence-electron chi connectivity index (χ1n) is 7.58. The van der Waals surface area contributed by atoms with Crippen molar-refractivity contribution in [1.82, 2.24) is 10.3 Å². The summed E-state index contributed by atoms with van der Waals surface area (Å²) in [7, 11) is 2.17. The zero-order chi connectivity index (χ0) is 13.7. The van der Waals surface area contributed by atoms with E-state index in [4.69, 9.17) is 0 Å². The van der Waals surface area contributed by atoms with Crippen molar-refractivity contribution in [1.29, 1.82) is 0 Å². The van der Waals surface area contributed by atoms with Gasteiger partial charge < -0.3 is 10.2 Å². The van der Waals surface area contributed by atoms with Crippen LogP contribution in [0.3, 0.4) is 0 Å². The lowest BCUT2D eigenvalue weighted by atomic mass is 9.85. The Labute approximate surface area is 117 Å². The van der Waals surface area contributed by atoms with Crippen molar-refractivity contribution in [3.05, 3.63) is 23.4 Å².